The van der Waals surface area contributed by atoms with Crippen LogP contribution in [0.2, 0.25) is 0 Å². The molecule has 1 aliphatic carbocycles. The van der Waals surface area contributed by atoms with Gasteiger partial charge < -0.3 is 15.6 Å². The Morgan fingerprint density at radius 2 is 2.40 bits per heavy atom. The van der Waals surface area contributed by atoms with Gasteiger partial charge in [0, 0.05) is 24.5 Å². The fraction of sp³-hybridized carbons (Fsp3) is 0.545. The number of amides is 1. The van der Waals surface area contributed by atoms with E-state index in [4.69, 9.17) is 5.73 Å². The van der Waals surface area contributed by atoms with Crippen LogP contribution in [0.1, 0.15) is 29.8 Å². The van der Waals surface area contributed by atoms with Gasteiger partial charge in [0.2, 0.25) is 0 Å². The number of nitrogens with zero attached hydrogens (tertiary/aromatic N) is 1. The number of carbonyl (C=O) groups is 1. The summed E-state index contributed by atoms with van der Waals surface area (Å²) in [5.41, 5.74) is 6.84. The summed E-state index contributed by atoms with van der Waals surface area (Å²) in [5.74, 6) is 0.852. The Morgan fingerprint density at radius 3 is 2.93 bits per heavy atom. The number of nitrogens with one attached hydrogen (secondary N) is 1. The van der Waals surface area contributed by atoms with Crippen molar-refractivity contribution in [2.24, 2.45) is 5.92 Å². The van der Waals surface area contributed by atoms with E-state index in [9.17, 15) is 4.79 Å². The molecule has 4 nitrogen and oxygen atoms in total. The SMILES string of the molecule is Nc1c[nH]c(C(=O)N2CC3CCC2C3)c1. The highest BCUT2D eigenvalue weighted by atomic mass is 16.2. The van der Waals surface area contributed by atoms with Crippen molar-refractivity contribution in [3.63, 3.8) is 0 Å². The molecule has 1 aliphatic heterocycles. The Hall–Kier alpha value is -1.45. The molecule has 1 amide bonds. The van der Waals surface area contributed by atoms with Crippen molar-refractivity contribution in [1.29, 1.82) is 0 Å². The number of H-pyrrole nitrogens is 1. The van der Waals surface area contributed by atoms with Crippen LogP contribution in [0.5, 0.6) is 0 Å². The third-order valence-corrected chi connectivity index (χ3v) is 3.61. The average molecular weight is 205 g/mol. The lowest BCUT2D eigenvalue weighted by molar-refractivity contribution is 0.0698. The maximum Gasteiger partial charge on any atom is 0.270 e. The van der Waals surface area contributed by atoms with Crippen molar-refractivity contribution in [1.82, 2.24) is 9.88 Å². The Morgan fingerprint density at radius 1 is 1.53 bits per heavy atom. The number of anilines is 1. The van der Waals surface area contributed by atoms with E-state index in [-0.39, 0.29) is 5.91 Å². The number of carbonyl (C=O) groups excluding carboxylic acids is 1. The van der Waals surface area contributed by atoms with Gasteiger partial charge >= 0.3 is 0 Å². The number of hydrogen-bond acceptors (Lipinski definition) is 2. The van der Waals surface area contributed by atoms with Crippen molar-refractivity contribution in [3.8, 4) is 0 Å². The molecule has 0 aromatic carbocycles. The smallest absolute Gasteiger partial charge is 0.270 e. The van der Waals surface area contributed by atoms with Gasteiger partial charge in [-0.1, -0.05) is 0 Å². The molecule has 4 heteroatoms. The Balaban J connectivity index is 1.81. The zero-order chi connectivity index (χ0) is 10.4. The summed E-state index contributed by atoms with van der Waals surface area (Å²) >= 11 is 0. The second kappa shape index (κ2) is 3.02. The van der Waals surface area contributed by atoms with Gasteiger partial charge in [0.05, 0.1) is 0 Å². The van der Waals surface area contributed by atoms with Gasteiger partial charge in [-0.3, -0.25) is 4.79 Å². The minimum atomic E-state index is 0.110. The Bertz CT molecular complexity index is 398. The molecular weight excluding hydrogens is 190 g/mol. The van der Waals surface area contributed by atoms with Crippen molar-refractivity contribution in [2.45, 2.75) is 25.3 Å². The fourth-order valence-corrected chi connectivity index (χ4v) is 2.86. The number of hydrogen-bond donors (Lipinski definition) is 2. The van der Waals surface area contributed by atoms with Crippen molar-refractivity contribution >= 4 is 11.6 Å². The van der Waals surface area contributed by atoms with Crippen LogP contribution in [0.3, 0.4) is 0 Å². The zero-order valence-electron chi connectivity index (χ0n) is 8.57. The molecule has 1 saturated carbocycles. The summed E-state index contributed by atoms with van der Waals surface area (Å²) in [7, 11) is 0. The van der Waals surface area contributed by atoms with E-state index in [0.29, 0.717) is 17.4 Å². The first-order valence-electron chi connectivity index (χ1n) is 5.49. The van der Waals surface area contributed by atoms with E-state index in [0.717, 1.165) is 12.5 Å². The minimum Gasteiger partial charge on any atom is -0.397 e. The molecule has 2 atom stereocenters. The predicted octanol–water partition coefficient (Wildman–Crippen LogP) is 1.22. The van der Waals surface area contributed by atoms with E-state index in [1.165, 1.54) is 19.3 Å². The summed E-state index contributed by atoms with van der Waals surface area (Å²) in [5, 5.41) is 0. The number of piperidine rings is 1. The molecule has 80 valence electrons. The lowest BCUT2D eigenvalue weighted by Crippen LogP contribution is -2.37. The molecule has 3 rings (SSSR count). The van der Waals surface area contributed by atoms with Crippen LogP contribution in [0.4, 0.5) is 5.69 Å². The second-order valence-corrected chi connectivity index (χ2v) is 4.64. The molecule has 0 radical (unpaired) electrons. The first-order valence-corrected chi connectivity index (χ1v) is 5.49. The van der Waals surface area contributed by atoms with Gasteiger partial charge in [0.15, 0.2) is 0 Å². The maximum absolute atomic E-state index is 12.1. The topological polar surface area (TPSA) is 62.1 Å². The molecule has 2 bridgehead atoms. The van der Waals surface area contributed by atoms with Crippen LogP contribution in [-0.4, -0.2) is 28.4 Å². The average Bonchev–Trinajstić information content (AvgIpc) is 2.90. The molecule has 15 heavy (non-hydrogen) atoms. The standard InChI is InChI=1S/C11H15N3O/c12-8-4-10(13-5-8)11(15)14-6-7-1-2-9(14)3-7/h4-5,7,9,13H,1-3,6,12H2. The van der Waals surface area contributed by atoms with Gasteiger partial charge in [-0.15, -0.1) is 0 Å². The van der Waals surface area contributed by atoms with Gasteiger partial charge in [0.1, 0.15) is 5.69 Å². The minimum absolute atomic E-state index is 0.110. The Labute approximate surface area is 88.4 Å². The molecule has 0 spiro atoms. The molecular formula is C11H15N3O. The van der Waals surface area contributed by atoms with E-state index in [1.54, 1.807) is 12.3 Å². The third-order valence-electron chi connectivity index (χ3n) is 3.61. The second-order valence-electron chi connectivity index (χ2n) is 4.64. The molecule has 1 saturated heterocycles. The van der Waals surface area contributed by atoms with Crippen molar-refractivity contribution in [2.75, 3.05) is 12.3 Å². The van der Waals surface area contributed by atoms with Crippen LogP contribution in [0.25, 0.3) is 0 Å². The summed E-state index contributed by atoms with van der Waals surface area (Å²) in [6.45, 7) is 0.933. The molecule has 1 aromatic heterocycles. The zero-order valence-corrected chi connectivity index (χ0v) is 8.57. The highest BCUT2D eigenvalue weighted by molar-refractivity contribution is 5.93. The molecule has 1 aromatic rings. The van der Waals surface area contributed by atoms with Crippen LogP contribution < -0.4 is 5.73 Å². The van der Waals surface area contributed by atoms with Gasteiger partial charge in [-0.2, -0.15) is 0 Å². The highest BCUT2D eigenvalue weighted by Gasteiger charge is 2.40. The van der Waals surface area contributed by atoms with E-state index >= 15 is 0 Å². The van der Waals surface area contributed by atoms with Crippen molar-refractivity contribution < 1.29 is 4.79 Å². The van der Waals surface area contributed by atoms with Gasteiger partial charge in [0.25, 0.3) is 5.91 Å². The van der Waals surface area contributed by atoms with E-state index in [1.807, 2.05) is 4.90 Å². The molecule has 2 fully saturated rings. The quantitative estimate of drug-likeness (QED) is 0.724. The first kappa shape index (κ1) is 8.83. The van der Waals surface area contributed by atoms with E-state index < -0.39 is 0 Å². The lowest BCUT2D eigenvalue weighted by atomic mass is 10.1. The maximum atomic E-state index is 12.1. The summed E-state index contributed by atoms with van der Waals surface area (Å²) in [6.07, 6.45) is 5.33. The summed E-state index contributed by atoms with van der Waals surface area (Å²) < 4.78 is 0. The van der Waals surface area contributed by atoms with Crippen molar-refractivity contribution in [3.05, 3.63) is 18.0 Å². The number of aromatic nitrogens is 1. The number of nitrogens with two attached hydrogens (primary N) is 1. The predicted molar refractivity (Wildman–Crippen MR) is 57.4 cm³/mol. The number of fused-ring (bicyclic) bond motifs is 2. The monoisotopic (exact) mass is 205 g/mol. The van der Waals surface area contributed by atoms with Crippen LogP contribution in [0.15, 0.2) is 12.3 Å². The van der Waals surface area contributed by atoms with Crippen LogP contribution >= 0.6 is 0 Å². The number of rotatable bonds is 1. The number of nitrogen functional groups attached to an aromatic ring is 1. The Kier molecular flexibility index (Phi) is 1.78. The third kappa shape index (κ3) is 1.32. The molecule has 2 heterocycles. The number of aromatic amines is 1. The van der Waals surface area contributed by atoms with Crippen LogP contribution in [-0.2, 0) is 0 Å². The molecule has 3 N–H and O–H groups in total. The highest BCUT2D eigenvalue weighted by Crippen LogP contribution is 2.37. The van der Waals surface area contributed by atoms with Crippen LogP contribution in [0, 0.1) is 5.92 Å². The van der Waals surface area contributed by atoms with Gasteiger partial charge in [-0.05, 0) is 31.2 Å². The molecule has 2 unspecified atom stereocenters. The van der Waals surface area contributed by atoms with E-state index in [2.05, 4.69) is 4.98 Å². The normalized spacial score (nSPS) is 28.7. The molecule has 2 aliphatic rings. The fourth-order valence-electron chi connectivity index (χ4n) is 2.86. The lowest BCUT2D eigenvalue weighted by Gasteiger charge is -2.26. The first-order chi connectivity index (χ1) is 7.24. The largest absolute Gasteiger partial charge is 0.397 e. The number of likely N-dealkylation sites (tertiary alicyclic amines) is 1. The summed E-state index contributed by atoms with van der Waals surface area (Å²) in [6, 6.07) is 2.20. The summed E-state index contributed by atoms with van der Waals surface area (Å²) in [4.78, 5) is 17.0. The van der Waals surface area contributed by atoms with Gasteiger partial charge in [-0.25, -0.2) is 0 Å².